The number of rotatable bonds is 11. The van der Waals surface area contributed by atoms with Gasteiger partial charge in [-0.15, -0.1) is 10.2 Å². The lowest BCUT2D eigenvalue weighted by Crippen LogP contribution is -2.51. The van der Waals surface area contributed by atoms with Crippen molar-refractivity contribution in [3.05, 3.63) is 65.6 Å². The largest absolute Gasteiger partial charge is 0.443 e. The Kier molecular flexibility index (Phi) is 10.3. The Labute approximate surface area is 223 Å². The maximum Gasteiger partial charge on any atom is 0.410 e. The standard InChI is InChI=1S/C24H32N6O6S.CH4/c1-24(2,25)22(31)26-19(15-35-13-17-9-6-5-7-10-17)21-28-27-20-12-8-11-18(30(20)21)14-36-23(32)29(3)16-37(4,33)34;/h5-12,19H,13-16,25H2,1-4H3,(H,26,31);1H4/t19-;/m1./s1. The lowest BCUT2D eigenvalue weighted by atomic mass is 10.1. The van der Waals surface area contributed by atoms with E-state index < -0.39 is 39.3 Å². The van der Waals surface area contributed by atoms with Crippen LogP contribution < -0.4 is 11.1 Å². The van der Waals surface area contributed by atoms with Crippen molar-refractivity contribution in [1.29, 1.82) is 0 Å². The molecule has 3 aromatic rings. The lowest BCUT2D eigenvalue weighted by Gasteiger charge is -2.24. The van der Waals surface area contributed by atoms with Gasteiger partial charge in [0, 0.05) is 13.3 Å². The molecule has 0 fully saturated rings. The van der Waals surface area contributed by atoms with Crippen molar-refractivity contribution >= 4 is 27.5 Å². The van der Waals surface area contributed by atoms with E-state index in [1.807, 2.05) is 30.3 Å². The van der Waals surface area contributed by atoms with E-state index in [0.717, 1.165) is 16.7 Å². The molecule has 3 N–H and O–H groups in total. The first-order chi connectivity index (χ1) is 17.3. The lowest BCUT2D eigenvalue weighted by molar-refractivity contribution is -0.126. The Balaban J connectivity index is 0.00000507. The number of fused-ring (bicyclic) bond motifs is 1. The molecule has 2 heterocycles. The van der Waals surface area contributed by atoms with Gasteiger partial charge < -0.3 is 20.5 Å². The van der Waals surface area contributed by atoms with Crippen LogP contribution in [0.15, 0.2) is 48.5 Å². The summed E-state index contributed by atoms with van der Waals surface area (Å²) >= 11 is 0. The predicted molar refractivity (Wildman–Crippen MR) is 143 cm³/mol. The van der Waals surface area contributed by atoms with Crippen LogP contribution in [0.3, 0.4) is 0 Å². The van der Waals surface area contributed by atoms with Gasteiger partial charge in [-0.2, -0.15) is 0 Å². The number of amides is 2. The van der Waals surface area contributed by atoms with Crippen molar-refractivity contribution in [1.82, 2.24) is 24.8 Å². The Morgan fingerprint density at radius 2 is 1.79 bits per heavy atom. The van der Waals surface area contributed by atoms with Gasteiger partial charge in [-0.1, -0.05) is 43.8 Å². The molecule has 2 amide bonds. The van der Waals surface area contributed by atoms with E-state index in [1.165, 1.54) is 7.05 Å². The summed E-state index contributed by atoms with van der Waals surface area (Å²) in [6.45, 7) is 3.37. The number of nitrogens with zero attached hydrogens (tertiary/aromatic N) is 4. The van der Waals surface area contributed by atoms with E-state index in [-0.39, 0.29) is 20.6 Å². The maximum absolute atomic E-state index is 12.8. The van der Waals surface area contributed by atoms with Crippen molar-refractivity contribution in [3.8, 4) is 0 Å². The molecule has 2 aromatic heterocycles. The average molecular weight is 549 g/mol. The highest BCUT2D eigenvalue weighted by Crippen LogP contribution is 2.19. The summed E-state index contributed by atoms with van der Waals surface area (Å²) in [6.07, 6.45) is 0.218. The second-order valence-corrected chi connectivity index (χ2v) is 11.4. The van der Waals surface area contributed by atoms with Crippen LogP contribution in [0.2, 0.25) is 0 Å². The number of benzene rings is 1. The summed E-state index contributed by atoms with van der Waals surface area (Å²) in [4.78, 5) is 26.0. The molecule has 0 aliphatic heterocycles. The molecule has 0 radical (unpaired) electrons. The van der Waals surface area contributed by atoms with Gasteiger partial charge in [-0.25, -0.2) is 13.2 Å². The third-order valence-electron chi connectivity index (χ3n) is 5.22. The summed E-state index contributed by atoms with van der Waals surface area (Å²) in [5, 5.41) is 11.3. The Hall–Kier alpha value is -3.55. The van der Waals surface area contributed by atoms with E-state index in [1.54, 1.807) is 36.4 Å². The summed E-state index contributed by atoms with van der Waals surface area (Å²) in [5.74, 6) is -0.531. The summed E-state index contributed by atoms with van der Waals surface area (Å²) in [5.41, 5.74) is 6.77. The van der Waals surface area contributed by atoms with Gasteiger partial charge in [-0.05, 0) is 31.5 Å². The Morgan fingerprint density at radius 3 is 2.42 bits per heavy atom. The van der Waals surface area contributed by atoms with Gasteiger partial charge in [-0.3, -0.25) is 14.1 Å². The molecule has 12 nitrogen and oxygen atoms in total. The normalized spacial score (nSPS) is 12.4. The second kappa shape index (κ2) is 12.8. The van der Waals surface area contributed by atoms with Crippen LogP contribution >= 0.6 is 0 Å². The molecule has 0 spiro atoms. The van der Waals surface area contributed by atoms with Crippen LogP contribution in [-0.4, -0.2) is 71.2 Å². The van der Waals surface area contributed by atoms with E-state index in [2.05, 4.69) is 15.5 Å². The molecular weight excluding hydrogens is 512 g/mol. The van der Waals surface area contributed by atoms with Gasteiger partial charge in [0.1, 0.15) is 18.5 Å². The molecular formula is C25H36N6O6S. The first-order valence-electron chi connectivity index (χ1n) is 11.4. The molecule has 0 aliphatic carbocycles. The highest BCUT2D eigenvalue weighted by Gasteiger charge is 2.28. The molecule has 0 bridgehead atoms. The minimum Gasteiger partial charge on any atom is -0.443 e. The highest BCUT2D eigenvalue weighted by atomic mass is 32.2. The number of pyridine rings is 1. The maximum atomic E-state index is 12.8. The van der Waals surface area contributed by atoms with Crippen LogP contribution in [0.25, 0.3) is 5.65 Å². The van der Waals surface area contributed by atoms with Crippen molar-refractivity contribution in [2.45, 2.75) is 46.1 Å². The van der Waals surface area contributed by atoms with Gasteiger partial charge in [0.25, 0.3) is 0 Å². The van der Waals surface area contributed by atoms with Gasteiger partial charge in [0.15, 0.2) is 21.3 Å². The molecule has 208 valence electrons. The number of nitrogens with one attached hydrogen (secondary N) is 1. The summed E-state index contributed by atoms with van der Waals surface area (Å²) < 4.78 is 35.9. The van der Waals surface area contributed by atoms with Gasteiger partial charge in [0.2, 0.25) is 5.91 Å². The predicted octanol–water partition coefficient (Wildman–Crippen LogP) is 2.05. The minimum atomic E-state index is -3.41. The Morgan fingerprint density at radius 1 is 1.11 bits per heavy atom. The zero-order chi connectivity index (χ0) is 27.2. The van der Waals surface area contributed by atoms with Crippen LogP contribution in [0.5, 0.6) is 0 Å². The number of aromatic nitrogens is 3. The fourth-order valence-electron chi connectivity index (χ4n) is 3.41. The molecule has 0 saturated carbocycles. The minimum absolute atomic E-state index is 0. The fourth-order valence-corrected chi connectivity index (χ4v) is 4.22. The second-order valence-electron chi connectivity index (χ2n) is 9.32. The highest BCUT2D eigenvalue weighted by molar-refractivity contribution is 7.90. The third-order valence-corrected chi connectivity index (χ3v) is 6.07. The van der Waals surface area contributed by atoms with Crippen LogP contribution in [0.4, 0.5) is 4.79 Å². The van der Waals surface area contributed by atoms with Gasteiger partial charge in [0.05, 0.1) is 24.4 Å². The molecule has 1 atom stereocenters. The number of sulfone groups is 1. The molecule has 0 aliphatic rings. The zero-order valence-electron chi connectivity index (χ0n) is 21.2. The van der Waals surface area contributed by atoms with E-state index in [0.29, 0.717) is 23.8 Å². The van der Waals surface area contributed by atoms with Crippen LogP contribution in [-0.2, 0) is 37.3 Å². The van der Waals surface area contributed by atoms with E-state index in [9.17, 15) is 18.0 Å². The first-order valence-corrected chi connectivity index (χ1v) is 13.5. The number of hydrogen-bond donors (Lipinski definition) is 2. The van der Waals surface area contributed by atoms with Crippen LogP contribution in [0.1, 0.15) is 44.4 Å². The van der Waals surface area contributed by atoms with Crippen molar-refractivity contribution < 1.29 is 27.5 Å². The number of ether oxygens (including phenoxy) is 2. The smallest absolute Gasteiger partial charge is 0.410 e. The molecule has 38 heavy (non-hydrogen) atoms. The van der Waals surface area contributed by atoms with Crippen molar-refractivity contribution in [2.75, 3.05) is 25.8 Å². The number of nitrogens with two attached hydrogens (primary N) is 1. The zero-order valence-corrected chi connectivity index (χ0v) is 22.1. The first kappa shape index (κ1) is 30.7. The molecule has 3 rings (SSSR count). The number of carbonyl (C=O) groups is 2. The summed E-state index contributed by atoms with van der Waals surface area (Å²) in [6, 6.07) is 14.0. The molecule has 1 aromatic carbocycles. The quantitative estimate of drug-likeness (QED) is 0.366. The summed E-state index contributed by atoms with van der Waals surface area (Å²) in [7, 11) is -2.08. The monoisotopic (exact) mass is 548 g/mol. The fraction of sp³-hybridized carbons (Fsp3) is 0.440. The average Bonchev–Trinajstić information content (AvgIpc) is 3.25. The third kappa shape index (κ3) is 8.50. The van der Waals surface area contributed by atoms with Gasteiger partial charge >= 0.3 is 6.09 Å². The van der Waals surface area contributed by atoms with E-state index in [4.69, 9.17) is 15.2 Å². The molecule has 13 heteroatoms. The number of carbonyl (C=O) groups excluding carboxylic acids is 2. The topological polar surface area (TPSA) is 158 Å². The molecule has 0 unspecified atom stereocenters. The van der Waals surface area contributed by atoms with Crippen molar-refractivity contribution in [3.63, 3.8) is 0 Å². The van der Waals surface area contributed by atoms with Crippen molar-refractivity contribution in [2.24, 2.45) is 5.73 Å². The Bertz CT molecular complexity index is 1340. The molecule has 0 saturated heterocycles. The van der Waals surface area contributed by atoms with E-state index >= 15 is 0 Å². The SMILES string of the molecule is C.CN(CS(C)(=O)=O)C(=O)OCc1cccc2nnc([C@@H](COCc3ccccc3)NC(=O)C(C)(C)N)n12. The van der Waals surface area contributed by atoms with Crippen LogP contribution in [0, 0.1) is 0 Å². The number of hydrogen-bond acceptors (Lipinski definition) is 9.